The standard InChI is InChI=1S/C17H25NO4/c1-4-22-17(19)14-7-5-6-10-18(14)12-13-8-9-15(20-2)16(11-13)21-3/h8-9,11,14H,4-7,10,12H2,1-3H3/p+1/t14-/m0/s1. The molecule has 5 heteroatoms. The van der Waals surface area contributed by atoms with E-state index in [1.807, 2.05) is 25.1 Å². The third kappa shape index (κ3) is 3.91. The van der Waals surface area contributed by atoms with Gasteiger partial charge in [-0.15, -0.1) is 0 Å². The minimum atomic E-state index is -0.0716. The Morgan fingerprint density at radius 1 is 1.23 bits per heavy atom. The van der Waals surface area contributed by atoms with Gasteiger partial charge in [-0.25, -0.2) is 4.79 Å². The Morgan fingerprint density at radius 3 is 2.68 bits per heavy atom. The van der Waals surface area contributed by atoms with E-state index < -0.39 is 0 Å². The van der Waals surface area contributed by atoms with Gasteiger partial charge in [-0.1, -0.05) is 0 Å². The van der Waals surface area contributed by atoms with Crippen LogP contribution in [-0.2, 0) is 16.1 Å². The average Bonchev–Trinajstić information content (AvgIpc) is 2.55. The van der Waals surface area contributed by atoms with E-state index in [-0.39, 0.29) is 12.0 Å². The van der Waals surface area contributed by atoms with Crippen molar-refractivity contribution in [2.45, 2.75) is 38.8 Å². The topological polar surface area (TPSA) is 49.2 Å². The van der Waals surface area contributed by atoms with Crippen LogP contribution in [0.5, 0.6) is 11.5 Å². The number of nitrogens with one attached hydrogen (secondary N) is 1. The highest BCUT2D eigenvalue weighted by Gasteiger charge is 2.33. The van der Waals surface area contributed by atoms with Crippen molar-refractivity contribution in [2.75, 3.05) is 27.4 Å². The van der Waals surface area contributed by atoms with Gasteiger partial charge in [0.1, 0.15) is 6.54 Å². The number of ether oxygens (including phenoxy) is 3. The predicted molar refractivity (Wildman–Crippen MR) is 83.4 cm³/mol. The molecule has 1 unspecified atom stereocenters. The fourth-order valence-electron chi connectivity index (χ4n) is 3.07. The van der Waals surface area contributed by atoms with Crippen LogP contribution >= 0.6 is 0 Å². The Balaban J connectivity index is 2.11. The SMILES string of the molecule is CCOC(=O)[C@@H]1CCCC[NH+]1Cc1ccc(OC)c(OC)c1. The Kier molecular flexibility index (Phi) is 6.07. The predicted octanol–water partition coefficient (Wildman–Crippen LogP) is 1.20. The van der Waals surface area contributed by atoms with Crippen molar-refractivity contribution >= 4 is 5.97 Å². The van der Waals surface area contributed by atoms with E-state index in [0.717, 1.165) is 49.4 Å². The van der Waals surface area contributed by atoms with E-state index in [1.54, 1.807) is 14.2 Å². The van der Waals surface area contributed by atoms with Gasteiger partial charge in [-0.3, -0.25) is 0 Å². The van der Waals surface area contributed by atoms with E-state index >= 15 is 0 Å². The van der Waals surface area contributed by atoms with Gasteiger partial charge in [0.25, 0.3) is 0 Å². The van der Waals surface area contributed by atoms with Crippen LogP contribution < -0.4 is 14.4 Å². The minimum absolute atomic E-state index is 0.0539. The van der Waals surface area contributed by atoms with Crippen molar-refractivity contribution in [2.24, 2.45) is 0 Å². The van der Waals surface area contributed by atoms with Crippen molar-refractivity contribution in [1.82, 2.24) is 0 Å². The van der Waals surface area contributed by atoms with E-state index in [9.17, 15) is 4.79 Å². The molecule has 0 aromatic heterocycles. The van der Waals surface area contributed by atoms with Crippen LogP contribution in [0.25, 0.3) is 0 Å². The van der Waals surface area contributed by atoms with E-state index in [2.05, 4.69) is 0 Å². The summed E-state index contributed by atoms with van der Waals surface area (Å²) in [7, 11) is 3.26. The lowest BCUT2D eigenvalue weighted by molar-refractivity contribution is -0.935. The van der Waals surface area contributed by atoms with Gasteiger partial charge >= 0.3 is 5.97 Å². The maximum atomic E-state index is 12.1. The van der Waals surface area contributed by atoms with Crippen molar-refractivity contribution in [3.05, 3.63) is 23.8 Å². The molecule has 1 aromatic rings. The maximum Gasteiger partial charge on any atom is 0.364 e. The molecule has 2 atom stereocenters. The number of hydrogen-bond acceptors (Lipinski definition) is 4. The molecule has 0 saturated carbocycles. The molecule has 2 rings (SSSR count). The van der Waals surface area contributed by atoms with Crippen LogP contribution in [0.3, 0.4) is 0 Å². The molecule has 1 N–H and O–H groups in total. The molecule has 1 heterocycles. The van der Waals surface area contributed by atoms with Crippen LogP contribution in [0.1, 0.15) is 31.7 Å². The normalized spacial score (nSPS) is 21.2. The summed E-state index contributed by atoms with van der Waals surface area (Å²) >= 11 is 0. The summed E-state index contributed by atoms with van der Waals surface area (Å²) < 4.78 is 15.8. The molecule has 1 fully saturated rings. The number of benzene rings is 1. The summed E-state index contributed by atoms with van der Waals surface area (Å²) in [5, 5.41) is 0. The first-order valence-corrected chi connectivity index (χ1v) is 7.91. The lowest BCUT2D eigenvalue weighted by Gasteiger charge is -2.31. The molecule has 1 aliphatic rings. The van der Waals surface area contributed by atoms with E-state index in [4.69, 9.17) is 14.2 Å². The van der Waals surface area contributed by atoms with Crippen LogP contribution in [-0.4, -0.2) is 39.4 Å². The quantitative estimate of drug-likeness (QED) is 0.803. The summed E-state index contributed by atoms with van der Waals surface area (Å²) in [5.74, 6) is 1.38. The lowest BCUT2D eigenvalue weighted by atomic mass is 10.0. The second-order valence-corrected chi connectivity index (χ2v) is 5.57. The number of likely N-dealkylation sites (tertiary alicyclic amines) is 1. The van der Waals surface area contributed by atoms with Crippen LogP contribution in [0, 0.1) is 0 Å². The van der Waals surface area contributed by atoms with Crippen molar-refractivity contribution < 1.29 is 23.9 Å². The summed E-state index contributed by atoms with van der Waals surface area (Å²) in [5.41, 5.74) is 1.14. The molecule has 0 aliphatic carbocycles. The van der Waals surface area contributed by atoms with Crippen LogP contribution in [0.4, 0.5) is 0 Å². The van der Waals surface area contributed by atoms with Crippen molar-refractivity contribution in [3.8, 4) is 11.5 Å². The molecule has 122 valence electrons. The summed E-state index contributed by atoms with van der Waals surface area (Å²) in [4.78, 5) is 13.4. The summed E-state index contributed by atoms with van der Waals surface area (Å²) in [6.45, 7) is 4.09. The first-order chi connectivity index (χ1) is 10.7. The van der Waals surface area contributed by atoms with Gasteiger partial charge in [0, 0.05) is 12.0 Å². The Morgan fingerprint density at radius 2 is 2.00 bits per heavy atom. The second kappa shape index (κ2) is 8.03. The van der Waals surface area contributed by atoms with Gasteiger partial charge < -0.3 is 19.1 Å². The molecule has 22 heavy (non-hydrogen) atoms. The van der Waals surface area contributed by atoms with E-state index in [0.29, 0.717) is 6.61 Å². The van der Waals surface area contributed by atoms with E-state index in [1.165, 1.54) is 4.90 Å². The van der Waals surface area contributed by atoms with Gasteiger partial charge in [0.2, 0.25) is 0 Å². The summed E-state index contributed by atoms with van der Waals surface area (Å²) in [6, 6.07) is 5.88. The first-order valence-electron chi connectivity index (χ1n) is 7.91. The number of hydrogen-bond donors (Lipinski definition) is 1. The highest BCUT2D eigenvalue weighted by atomic mass is 16.5. The maximum absolute atomic E-state index is 12.1. The highest BCUT2D eigenvalue weighted by Crippen LogP contribution is 2.27. The van der Waals surface area contributed by atoms with Crippen molar-refractivity contribution in [1.29, 1.82) is 0 Å². The minimum Gasteiger partial charge on any atom is -0.493 e. The van der Waals surface area contributed by atoms with Crippen molar-refractivity contribution in [3.63, 3.8) is 0 Å². The third-order valence-electron chi connectivity index (χ3n) is 4.18. The molecule has 1 aliphatic heterocycles. The van der Waals surface area contributed by atoms with Gasteiger partial charge in [-0.2, -0.15) is 0 Å². The fourth-order valence-corrected chi connectivity index (χ4v) is 3.07. The fraction of sp³-hybridized carbons (Fsp3) is 0.588. The number of rotatable bonds is 6. The number of methoxy groups -OCH3 is 2. The summed E-state index contributed by atoms with van der Waals surface area (Å²) in [6.07, 6.45) is 3.15. The Hall–Kier alpha value is -1.75. The van der Waals surface area contributed by atoms with Crippen LogP contribution in [0.15, 0.2) is 18.2 Å². The number of piperidine rings is 1. The monoisotopic (exact) mass is 308 g/mol. The zero-order valence-electron chi connectivity index (χ0n) is 13.7. The Bertz CT molecular complexity index is 503. The molecule has 1 saturated heterocycles. The lowest BCUT2D eigenvalue weighted by Crippen LogP contribution is -3.16. The number of carbonyl (C=O) groups excluding carboxylic acids is 1. The molecular formula is C17H26NO4+. The highest BCUT2D eigenvalue weighted by molar-refractivity contribution is 5.74. The molecule has 0 radical (unpaired) electrons. The van der Waals surface area contributed by atoms with Crippen LogP contribution in [0.2, 0.25) is 0 Å². The number of quaternary nitrogens is 1. The smallest absolute Gasteiger partial charge is 0.364 e. The third-order valence-corrected chi connectivity index (χ3v) is 4.18. The molecule has 0 bridgehead atoms. The molecule has 0 amide bonds. The largest absolute Gasteiger partial charge is 0.493 e. The number of carbonyl (C=O) groups is 1. The Labute approximate surface area is 132 Å². The van der Waals surface area contributed by atoms with Gasteiger partial charge in [0.15, 0.2) is 17.5 Å². The molecular weight excluding hydrogens is 282 g/mol. The zero-order chi connectivity index (χ0) is 15.9. The average molecular weight is 308 g/mol. The van der Waals surface area contributed by atoms with Gasteiger partial charge in [-0.05, 0) is 38.0 Å². The zero-order valence-corrected chi connectivity index (χ0v) is 13.7. The molecule has 1 aromatic carbocycles. The second-order valence-electron chi connectivity index (χ2n) is 5.57. The first kappa shape index (κ1) is 16.6. The number of esters is 1. The molecule has 5 nitrogen and oxygen atoms in total. The van der Waals surface area contributed by atoms with Gasteiger partial charge in [0.05, 0.1) is 27.4 Å². The molecule has 0 spiro atoms.